The number of hydrogen-bond donors (Lipinski definition) is 0. The number of hydrogen-bond acceptors (Lipinski definition) is 5. The molecule has 7 nitrogen and oxygen atoms in total. The van der Waals surface area contributed by atoms with Crippen LogP contribution in [0.1, 0.15) is 38.8 Å². The summed E-state index contributed by atoms with van der Waals surface area (Å²) in [6.45, 7) is 5.11. The second-order valence-electron chi connectivity index (χ2n) is 6.04. The monoisotopic (exact) mass is 367 g/mol. The molecule has 26 heavy (non-hydrogen) atoms. The largest absolute Gasteiger partial charge is 0.433 e. The highest BCUT2D eigenvalue weighted by Gasteiger charge is 2.35. The molecule has 3 rings (SSSR count). The number of carbonyl (C=O) groups excluding carboxylic acids is 1. The highest BCUT2D eigenvalue weighted by atomic mass is 19.4. The van der Waals surface area contributed by atoms with E-state index in [4.69, 9.17) is 4.52 Å². The van der Waals surface area contributed by atoms with Crippen molar-refractivity contribution >= 4 is 11.6 Å². The molecule has 0 atom stereocenters. The average Bonchev–Trinajstić information content (AvgIpc) is 3.10. The standard InChI is InChI=1S/C16H16F3N5O2/c1-8-5-13(16(17,18)19)24-14(21-8)11(6-20-24)15(25)23(4)7-12-9(2)22-26-10(12)3/h5-6H,7H2,1-4H3. The van der Waals surface area contributed by atoms with Crippen molar-refractivity contribution in [2.24, 2.45) is 0 Å². The number of rotatable bonds is 3. The van der Waals surface area contributed by atoms with Crippen molar-refractivity contribution in [2.45, 2.75) is 33.5 Å². The summed E-state index contributed by atoms with van der Waals surface area (Å²) in [4.78, 5) is 18.2. The van der Waals surface area contributed by atoms with E-state index in [0.29, 0.717) is 16.0 Å². The van der Waals surface area contributed by atoms with Crippen LogP contribution < -0.4 is 0 Å². The molecule has 3 heterocycles. The van der Waals surface area contributed by atoms with Gasteiger partial charge in [0.2, 0.25) is 0 Å². The van der Waals surface area contributed by atoms with Gasteiger partial charge >= 0.3 is 6.18 Å². The van der Waals surface area contributed by atoms with Gasteiger partial charge in [-0.25, -0.2) is 9.50 Å². The van der Waals surface area contributed by atoms with Crippen molar-refractivity contribution in [3.63, 3.8) is 0 Å². The molecule has 0 unspecified atom stereocenters. The van der Waals surface area contributed by atoms with E-state index in [1.165, 1.54) is 18.9 Å². The Bertz CT molecular complexity index is 970. The minimum atomic E-state index is -4.61. The van der Waals surface area contributed by atoms with Crippen LogP contribution >= 0.6 is 0 Å². The molecule has 0 aliphatic rings. The van der Waals surface area contributed by atoms with E-state index in [1.807, 2.05) is 0 Å². The summed E-state index contributed by atoms with van der Waals surface area (Å²) < 4.78 is 45.3. The molecule has 138 valence electrons. The van der Waals surface area contributed by atoms with Gasteiger partial charge in [0.1, 0.15) is 17.0 Å². The molecule has 3 aromatic rings. The Balaban J connectivity index is 2.00. The van der Waals surface area contributed by atoms with Crippen LogP contribution in [0.5, 0.6) is 0 Å². The molecule has 0 saturated carbocycles. The Morgan fingerprint density at radius 2 is 2.00 bits per heavy atom. The summed E-state index contributed by atoms with van der Waals surface area (Å²) in [6.07, 6.45) is -3.51. The Morgan fingerprint density at radius 1 is 1.31 bits per heavy atom. The minimum absolute atomic E-state index is 0.00606. The van der Waals surface area contributed by atoms with Gasteiger partial charge < -0.3 is 9.42 Å². The lowest BCUT2D eigenvalue weighted by Gasteiger charge is -2.16. The Morgan fingerprint density at radius 3 is 2.58 bits per heavy atom. The van der Waals surface area contributed by atoms with Gasteiger partial charge in [-0.15, -0.1) is 0 Å². The molecular weight excluding hydrogens is 351 g/mol. The molecule has 10 heteroatoms. The van der Waals surface area contributed by atoms with Gasteiger partial charge in [-0.05, 0) is 26.8 Å². The quantitative estimate of drug-likeness (QED) is 0.711. The summed E-state index contributed by atoms with van der Waals surface area (Å²) in [5.74, 6) is 0.0848. The predicted octanol–water partition coefficient (Wildman–Crippen LogP) is 2.93. The molecule has 0 aliphatic carbocycles. The Kier molecular flexibility index (Phi) is 4.21. The molecule has 0 N–H and O–H groups in total. The minimum Gasteiger partial charge on any atom is -0.361 e. The van der Waals surface area contributed by atoms with Crippen molar-refractivity contribution in [2.75, 3.05) is 7.05 Å². The van der Waals surface area contributed by atoms with Crippen LogP contribution in [0.3, 0.4) is 0 Å². The fourth-order valence-electron chi connectivity index (χ4n) is 2.68. The van der Waals surface area contributed by atoms with Crippen molar-refractivity contribution in [3.8, 4) is 0 Å². The number of aryl methyl sites for hydroxylation is 3. The lowest BCUT2D eigenvalue weighted by molar-refractivity contribution is -0.142. The van der Waals surface area contributed by atoms with Gasteiger partial charge in [0.05, 0.1) is 18.4 Å². The fourth-order valence-corrected chi connectivity index (χ4v) is 2.68. The maximum Gasteiger partial charge on any atom is 0.433 e. The second kappa shape index (κ2) is 6.11. The third kappa shape index (κ3) is 3.02. The van der Waals surface area contributed by atoms with E-state index < -0.39 is 17.8 Å². The first-order chi connectivity index (χ1) is 12.1. The smallest absolute Gasteiger partial charge is 0.361 e. The number of nitrogens with zero attached hydrogens (tertiary/aromatic N) is 5. The van der Waals surface area contributed by atoms with Gasteiger partial charge in [-0.3, -0.25) is 4.79 Å². The van der Waals surface area contributed by atoms with Crippen molar-refractivity contribution < 1.29 is 22.5 Å². The fraction of sp³-hybridized carbons (Fsp3) is 0.375. The van der Waals surface area contributed by atoms with E-state index in [9.17, 15) is 18.0 Å². The van der Waals surface area contributed by atoms with Gasteiger partial charge in [0.15, 0.2) is 5.65 Å². The molecule has 0 spiro atoms. The lowest BCUT2D eigenvalue weighted by Crippen LogP contribution is -2.27. The molecule has 0 bridgehead atoms. The maximum atomic E-state index is 13.2. The summed E-state index contributed by atoms with van der Waals surface area (Å²) >= 11 is 0. The third-order valence-electron chi connectivity index (χ3n) is 4.04. The van der Waals surface area contributed by atoms with Crippen LogP contribution in [0.4, 0.5) is 13.2 Å². The van der Waals surface area contributed by atoms with E-state index in [1.54, 1.807) is 13.8 Å². The molecule has 0 aromatic carbocycles. The topological polar surface area (TPSA) is 76.5 Å². The first kappa shape index (κ1) is 17.9. The van der Waals surface area contributed by atoms with Gasteiger partial charge in [-0.1, -0.05) is 5.16 Å². The zero-order valence-electron chi connectivity index (χ0n) is 14.5. The Hall–Kier alpha value is -2.91. The first-order valence-electron chi connectivity index (χ1n) is 7.69. The summed E-state index contributed by atoms with van der Waals surface area (Å²) in [6, 6.07) is 0.891. The molecule has 0 saturated heterocycles. The van der Waals surface area contributed by atoms with Crippen LogP contribution in [0.15, 0.2) is 16.8 Å². The third-order valence-corrected chi connectivity index (χ3v) is 4.04. The lowest BCUT2D eigenvalue weighted by atomic mass is 10.2. The van der Waals surface area contributed by atoms with Crippen molar-refractivity contribution in [1.29, 1.82) is 0 Å². The van der Waals surface area contributed by atoms with Crippen LogP contribution in [0.25, 0.3) is 5.65 Å². The van der Waals surface area contributed by atoms with Crippen LogP contribution in [-0.2, 0) is 12.7 Å². The average molecular weight is 367 g/mol. The summed E-state index contributed by atoms with van der Waals surface area (Å²) in [5.41, 5.74) is 0.425. The van der Waals surface area contributed by atoms with E-state index in [-0.39, 0.29) is 23.4 Å². The van der Waals surface area contributed by atoms with Crippen LogP contribution in [0, 0.1) is 20.8 Å². The van der Waals surface area contributed by atoms with E-state index in [0.717, 1.165) is 17.8 Å². The summed E-state index contributed by atoms with van der Waals surface area (Å²) in [7, 11) is 1.54. The van der Waals surface area contributed by atoms with E-state index in [2.05, 4.69) is 15.2 Å². The molecular formula is C16H16F3N5O2. The molecule has 0 aliphatic heterocycles. The first-order valence-corrected chi connectivity index (χ1v) is 7.69. The normalized spacial score (nSPS) is 12.0. The zero-order chi connectivity index (χ0) is 19.2. The van der Waals surface area contributed by atoms with Gasteiger partial charge in [0, 0.05) is 18.3 Å². The number of aromatic nitrogens is 4. The molecule has 1 amide bonds. The van der Waals surface area contributed by atoms with Crippen molar-refractivity contribution in [1.82, 2.24) is 24.7 Å². The highest BCUT2D eigenvalue weighted by Crippen LogP contribution is 2.30. The predicted molar refractivity (Wildman–Crippen MR) is 84.5 cm³/mol. The summed E-state index contributed by atoms with van der Waals surface area (Å²) in [5, 5.41) is 7.54. The van der Waals surface area contributed by atoms with E-state index >= 15 is 0 Å². The van der Waals surface area contributed by atoms with Gasteiger partial charge in [-0.2, -0.15) is 18.3 Å². The number of amides is 1. The second-order valence-corrected chi connectivity index (χ2v) is 6.04. The van der Waals surface area contributed by atoms with Crippen LogP contribution in [0.2, 0.25) is 0 Å². The van der Waals surface area contributed by atoms with Crippen LogP contribution in [-0.4, -0.2) is 37.6 Å². The number of carbonyl (C=O) groups is 1. The zero-order valence-corrected chi connectivity index (χ0v) is 14.5. The highest BCUT2D eigenvalue weighted by molar-refractivity contribution is 5.99. The number of fused-ring (bicyclic) bond motifs is 1. The molecule has 0 radical (unpaired) electrons. The number of halogens is 3. The van der Waals surface area contributed by atoms with Gasteiger partial charge in [0.25, 0.3) is 5.91 Å². The SMILES string of the molecule is Cc1cc(C(F)(F)F)n2ncc(C(=O)N(C)Cc3c(C)noc3C)c2n1. The maximum absolute atomic E-state index is 13.2. The Labute approximate surface area is 146 Å². The number of alkyl halides is 3. The molecule has 3 aromatic heterocycles. The van der Waals surface area contributed by atoms with Crippen molar-refractivity contribution in [3.05, 3.63) is 46.2 Å². The molecule has 0 fully saturated rings.